The molecule has 0 aromatic carbocycles. The van der Waals surface area contributed by atoms with Gasteiger partial charge in [0, 0.05) is 0 Å². The summed E-state index contributed by atoms with van der Waals surface area (Å²) in [5.74, 6) is 0. The van der Waals surface area contributed by atoms with Crippen molar-refractivity contribution in [3.8, 4) is 0 Å². The van der Waals surface area contributed by atoms with E-state index >= 15 is 0 Å². The van der Waals surface area contributed by atoms with Gasteiger partial charge >= 0.3 is 0 Å². The zero-order valence-electron chi connectivity index (χ0n) is 6.82. The summed E-state index contributed by atoms with van der Waals surface area (Å²) in [6.07, 6.45) is 10.5. The van der Waals surface area contributed by atoms with Crippen LogP contribution in [0, 0.1) is 6.42 Å². The van der Waals surface area contributed by atoms with Gasteiger partial charge < -0.3 is 0 Å². The van der Waals surface area contributed by atoms with Crippen molar-refractivity contribution in [2.45, 2.75) is 52.4 Å². The van der Waals surface area contributed by atoms with Gasteiger partial charge in [-0.2, -0.15) is 0 Å². The van der Waals surface area contributed by atoms with Crippen LogP contribution in [0.1, 0.15) is 52.4 Å². The first kappa shape index (κ1) is 9.00. The van der Waals surface area contributed by atoms with Crippen LogP contribution in [0.15, 0.2) is 0 Å². The molecule has 0 aromatic heterocycles. The third kappa shape index (κ3) is 8.00. The van der Waals surface area contributed by atoms with Gasteiger partial charge in [0.1, 0.15) is 0 Å². The Morgan fingerprint density at radius 3 is 2.22 bits per heavy atom. The molecule has 0 nitrogen and oxygen atoms in total. The highest BCUT2D eigenvalue weighted by Gasteiger charge is 1.86. The van der Waals surface area contributed by atoms with Gasteiger partial charge in [-0.15, -0.1) is 0 Å². The molecule has 0 atom stereocenters. The molecule has 0 bridgehead atoms. The highest BCUT2D eigenvalue weighted by molar-refractivity contribution is 4.62. The minimum atomic E-state index is 1.31. The van der Waals surface area contributed by atoms with E-state index < -0.39 is 0 Å². The second-order valence-corrected chi connectivity index (χ2v) is 2.57. The molecule has 0 aromatic rings. The quantitative estimate of drug-likeness (QED) is 0.478. The van der Waals surface area contributed by atoms with E-state index in [0.717, 1.165) is 0 Å². The van der Waals surface area contributed by atoms with Crippen LogP contribution in [0.25, 0.3) is 0 Å². The molecule has 0 spiro atoms. The fourth-order valence-corrected chi connectivity index (χ4v) is 0.887. The van der Waals surface area contributed by atoms with Crippen LogP contribution in [0.3, 0.4) is 0 Å². The van der Waals surface area contributed by atoms with Crippen LogP contribution in [0.2, 0.25) is 0 Å². The second kappa shape index (κ2) is 8.00. The van der Waals surface area contributed by atoms with Crippen molar-refractivity contribution >= 4 is 0 Å². The summed E-state index contributed by atoms with van der Waals surface area (Å²) in [4.78, 5) is 0. The van der Waals surface area contributed by atoms with Gasteiger partial charge in [-0.3, -0.25) is 0 Å². The third-order valence-corrected chi connectivity index (χ3v) is 1.50. The van der Waals surface area contributed by atoms with Gasteiger partial charge in [-0.25, -0.2) is 0 Å². The predicted molar refractivity (Wildman–Crippen MR) is 43.4 cm³/mol. The summed E-state index contributed by atoms with van der Waals surface area (Å²) in [7, 11) is 0. The van der Waals surface area contributed by atoms with Gasteiger partial charge in [-0.05, 0) is 6.42 Å². The molecular formula is C9H19. The molecule has 0 saturated carbocycles. The lowest BCUT2D eigenvalue weighted by Gasteiger charge is -1.95. The molecule has 0 amide bonds. The number of unbranched alkanes of at least 4 members (excludes halogenated alkanes) is 6. The molecule has 0 heterocycles. The Labute approximate surface area is 59.7 Å². The van der Waals surface area contributed by atoms with Crippen LogP contribution < -0.4 is 0 Å². The van der Waals surface area contributed by atoms with E-state index in [1.54, 1.807) is 0 Å². The van der Waals surface area contributed by atoms with Gasteiger partial charge in [-0.1, -0.05) is 52.4 Å². The average molecular weight is 127 g/mol. The Morgan fingerprint density at radius 2 is 1.67 bits per heavy atom. The van der Waals surface area contributed by atoms with Crippen molar-refractivity contribution in [3.63, 3.8) is 0 Å². The summed E-state index contributed by atoms with van der Waals surface area (Å²) in [6.45, 7) is 4.48. The first-order chi connectivity index (χ1) is 4.41. The molecule has 0 aliphatic rings. The first-order valence-electron chi connectivity index (χ1n) is 4.23. The van der Waals surface area contributed by atoms with Gasteiger partial charge in [0.25, 0.3) is 0 Å². The fraction of sp³-hybridized carbons (Fsp3) is 0.889. The van der Waals surface area contributed by atoms with Crippen LogP contribution in [0.4, 0.5) is 0 Å². The second-order valence-electron chi connectivity index (χ2n) is 2.57. The Bertz CT molecular complexity index is 33.3. The van der Waals surface area contributed by atoms with Crippen molar-refractivity contribution in [2.75, 3.05) is 0 Å². The molecule has 0 N–H and O–H groups in total. The summed E-state index contributed by atoms with van der Waals surface area (Å²) < 4.78 is 0. The lowest BCUT2D eigenvalue weighted by Crippen LogP contribution is -1.77. The molecule has 0 unspecified atom stereocenters. The van der Waals surface area contributed by atoms with E-state index in [4.69, 9.17) is 0 Å². The molecule has 0 heteroatoms. The minimum Gasteiger partial charge on any atom is -0.0654 e. The van der Waals surface area contributed by atoms with E-state index in [9.17, 15) is 0 Å². The number of rotatable bonds is 6. The summed E-state index contributed by atoms with van der Waals surface area (Å²) in [6, 6.07) is 0. The van der Waals surface area contributed by atoms with Crippen LogP contribution >= 0.6 is 0 Å². The summed E-state index contributed by atoms with van der Waals surface area (Å²) in [5, 5.41) is 0. The fourth-order valence-electron chi connectivity index (χ4n) is 0.887. The average Bonchev–Trinajstić information content (AvgIpc) is 1.89. The van der Waals surface area contributed by atoms with Gasteiger partial charge in [0.15, 0.2) is 0 Å². The van der Waals surface area contributed by atoms with Crippen molar-refractivity contribution in [1.82, 2.24) is 0 Å². The molecule has 55 valence electrons. The zero-order valence-corrected chi connectivity index (χ0v) is 6.82. The summed E-state index contributed by atoms with van der Waals surface area (Å²) >= 11 is 0. The molecule has 0 aliphatic heterocycles. The van der Waals surface area contributed by atoms with E-state index in [1.165, 1.54) is 38.5 Å². The minimum absolute atomic E-state index is 1.31. The monoisotopic (exact) mass is 127 g/mol. The van der Waals surface area contributed by atoms with E-state index in [2.05, 4.69) is 20.3 Å². The smallest absolute Gasteiger partial charge is 0.0386 e. The maximum Gasteiger partial charge on any atom is -0.0386 e. The standard InChI is InChI=1S/C9H19/c1-3-5-7-9-8-6-4-2/h7H,3-6,8-9H2,1-2H3. The highest BCUT2D eigenvalue weighted by atomic mass is 13.9. The number of hydrogen-bond donors (Lipinski definition) is 0. The van der Waals surface area contributed by atoms with Crippen LogP contribution in [-0.2, 0) is 0 Å². The van der Waals surface area contributed by atoms with Crippen molar-refractivity contribution in [3.05, 3.63) is 6.42 Å². The largest absolute Gasteiger partial charge is 0.0654 e. The molecular weight excluding hydrogens is 108 g/mol. The Hall–Kier alpha value is 0. The Kier molecular flexibility index (Phi) is 8.00. The topological polar surface area (TPSA) is 0 Å². The predicted octanol–water partition coefficient (Wildman–Crippen LogP) is 3.57. The number of hydrogen-bond acceptors (Lipinski definition) is 0. The lowest BCUT2D eigenvalue weighted by molar-refractivity contribution is 0.687. The lowest BCUT2D eigenvalue weighted by atomic mass is 10.1. The van der Waals surface area contributed by atoms with E-state index in [1.807, 2.05) is 0 Å². The molecule has 1 radical (unpaired) electrons. The van der Waals surface area contributed by atoms with E-state index in [0.29, 0.717) is 0 Å². The normalized spacial score (nSPS) is 10.0. The SMILES string of the molecule is CCC[CH]CCCCC. The third-order valence-electron chi connectivity index (χ3n) is 1.50. The molecule has 0 fully saturated rings. The van der Waals surface area contributed by atoms with Crippen molar-refractivity contribution in [2.24, 2.45) is 0 Å². The van der Waals surface area contributed by atoms with Crippen molar-refractivity contribution < 1.29 is 0 Å². The molecule has 0 saturated heterocycles. The molecule has 9 heavy (non-hydrogen) atoms. The Balaban J connectivity index is 2.60. The van der Waals surface area contributed by atoms with Gasteiger partial charge in [0.05, 0.1) is 0 Å². The van der Waals surface area contributed by atoms with E-state index in [-0.39, 0.29) is 0 Å². The Morgan fingerprint density at radius 1 is 0.889 bits per heavy atom. The molecule has 0 rings (SSSR count). The summed E-state index contributed by atoms with van der Waals surface area (Å²) in [5.41, 5.74) is 0. The maximum atomic E-state index is 2.41. The molecule has 0 aliphatic carbocycles. The van der Waals surface area contributed by atoms with Crippen LogP contribution in [-0.4, -0.2) is 0 Å². The zero-order chi connectivity index (χ0) is 6.95. The van der Waals surface area contributed by atoms with Crippen molar-refractivity contribution in [1.29, 1.82) is 0 Å². The highest BCUT2D eigenvalue weighted by Crippen LogP contribution is 2.04. The maximum absolute atomic E-state index is 2.41. The van der Waals surface area contributed by atoms with Crippen LogP contribution in [0.5, 0.6) is 0 Å². The first-order valence-corrected chi connectivity index (χ1v) is 4.23. The van der Waals surface area contributed by atoms with Gasteiger partial charge in [0.2, 0.25) is 0 Å².